The van der Waals surface area contributed by atoms with Gasteiger partial charge in [-0.25, -0.2) is 4.98 Å². The van der Waals surface area contributed by atoms with Gasteiger partial charge in [0, 0.05) is 25.4 Å². The first kappa shape index (κ1) is 14.7. The van der Waals surface area contributed by atoms with E-state index in [-0.39, 0.29) is 5.41 Å². The summed E-state index contributed by atoms with van der Waals surface area (Å²) in [4.78, 5) is 10.8. The van der Waals surface area contributed by atoms with Crippen molar-refractivity contribution >= 4 is 5.95 Å². The van der Waals surface area contributed by atoms with Crippen LogP contribution in [0, 0.1) is 5.41 Å². The van der Waals surface area contributed by atoms with Crippen LogP contribution in [-0.4, -0.2) is 36.2 Å². The second kappa shape index (κ2) is 6.54. The summed E-state index contributed by atoms with van der Waals surface area (Å²) in [5.41, 5.74) is 5.82. The van der Waals surface area contributed by atoms with Gasteiger partial charge in [0.05, 0.1) is 6.61 Å². The minimum atomic E-state index is 0.0426. The topological polar surface area (TPSA) is 64.3 Å². The molecule has 18 heavy (non-hydrogen) atoms. The maximum Gasteiger partial charge on any atom is 0.228 e. The van der Waals surface area contributed by atoms with Gasteiger partial charge in [-0.05, 0) is 25.8 Å². The Bertz CT molecular complexity index is 368. The lowest BCUT2D eigenvalue weighted by atomic mass is 9.93. The molecule has 1 aromatic rings. The number of anilines is 1. The number of hydrogen-bond donors (Lipinski definition) is 1. The van der Waals surface area contributed by atoms with E-state index in [1.807, 2.05) is 6.92 Å². The van der Waals surface area contributed by atoms with Gasteiger partial charge in [0.2, 0.25) is 11.8 Å². The Morgan fingerprint density at radius 1 is 1.39 bits per heavy atom. The molecule has 1 rings (SSSR count). The van der Waals surface area contributed by atoms with Crippen LogP contribution in [0.15, 0.2) is 12.3 Å². The number of nitrogens with zero attached hydrogens (tertiary/aromatic N) is 3. The molecule has 1 aromatic heterocycles. The van der Waals surface area contributed by atoms with E-state index in [9.17, 15) is 0 Å². The fourth-order valence-corrected chi connectivity index (χ4v) is 1.62. The van der Waals surface area contributed by atoms with E-state index >= 15 is 0 Å². The fourth-order valence-electron chi connectivity index (χ4n) is 1.62. The molecule has 0 saturated carbocycles. The molecule has 1 heterocycles. The van der Waals surface area contributed by atoms with Crippen LogP contribution in [0.1, 0.15) is 27.7 Å². The van der Waals surface area contributed by atoms with Crippen LogP contribution in [0.2, 0.25) is 0 Å². The van der Waals surface area contributed by atoms with Crippen molar-refractivity contribution in [2.45, 2.75) is 27.7 Å². The Hall–Kier alpha value is -1.36. The molecule has 0 amide bonds. The fraction of sp³-hybridized carbons (Fsp3) is 0.692. The molecule has 0 saturated heterocycles. The molecule has 0 radical (unpaired) electrons. The van der Waals surface area contributed by atoms with Gasteiger partial charge >= 0.3 is 0 Å². The SMILES string of the molecule is CCOc1ccnc(N(CC)CC(C)(C)CN)n1. The van der Waals surface area contributed by atoms with Crippen molar-refractivity contribution in [2.75, 3.05) is 31.1 Å². The lowest BCUT2D eigenvalue weighted by molar-refractivity contribution is 0.325. The van der Waals surface area contributed by atoms with Crippen molar-refractivity contribution in [3.63, 3.8) is 0 Å². The highest BCUT2D eigenvalue weighted by molar-refractivity contribution is 5.32. The molecule has 0 bridgehead atoms. The number of aromatic nitrogens is 2. The Kier molecular flexibility index (Phi) is 5.34. The Labute approximate surface area is 109 Å². The normalized spacial score (nSPS) is 11.4. The van der Waals surface area contributed by atoms with E-state index in [4.69, 9.17) is 10.5 Å². The summed E-state index contributed by atoms with van der Waals surface area (Å²) in [5.74, 6) is 1.32. The van der Waals surface area contributed by atoms with E-state index in [0.717, 1.165) is 13.1 Å². The zero-order valence-electron chi connectivity index (χ0n) is 11.8. The highest BCUT2D eigenvalue weighted by Gasteiger charge is 2.21. The van der Waals surface area contributed by atoms with Crippen molar-refractivity contribution in [1.82, 2.24) is 9.97 Å². The zero-order chi connectivity index (χ0) is 13.6. The van der Waals surface area contributed by atoms with Gasteiger partial charge in [-0.15, -0.1) is 0 Å². The lowest BCUT2D eigenvalue weighted by Crippen LogP contribution is -2.39. The Balaban J connectivity index is 2.84. The number of rotatable bonds is 7. The highest BCUT2D eigenvalue weighted by atomic mass is 16.5. The summed E-state index contributed by atoms with van der Waals surface area (Å²) in [5, 5.41) is 0. The average molecular weight is 252 g/mol. The van der Waals surface area contributed by atoms with E-state index in [1.165, 1.54) is 0 Å². The molecule has 2 N–H and O–H groups in total. The molecule has 0 atom stereocenters. The molecule has 0 spiro atoms. The van der Waals surface area contributed by atoms with Crippen molar-refractivity contribution in [1.29, 1.82) is 0 Å². The molecule has 102 valence electrons. The monoisotopic (exact) mass is 252 g/mol. The van der Waals surface area contributed by atoms with Crippen LogP contribution >= 0.6 is 0 Å². The van der Waals surface area contributed by atoms with Gasteiger partial charge in [-0.1, -0.05) is 13.8 Å². The van der Waals surface area contributed by atoms with Crippen molar-refractivity contribution in [2.24, 2.45) is 11.1 Å². The summed E-state index contributed by atoms with van der Waals surface area (Å²) in [7, 11) is 0. The molecule has 0 fully saturated rings. The van der Waals surface area contributed by atoms with Crippen molar-refractivity contribution in [3.8, 4) is 5.88 Å². The molecule has 0 unspecified atom stereocenters. The smallest absolute Gasteiger partial charge is 0.228 e. The number of ether oxygens (including phenoxy) is 1. The van der Waals surface area contributed by atoms with Crippen molar-refractivity contribution < 1.29 is 4.74 Å². The molecule has 0 aromatic carbocycles. The predicted octanol–water partition coefficient (Wildman–Crippen LogP) is 1.69. The van der Waals surface area contributed by atoms with E-state index < -0.39 is 0 Å². The molecular weight excluding hydrogens is 228 g/mol. The van der Waals surface area contributed by atoms with Crippen LogP contribution in [0.4, 0.5) is 5.95 Å². The first-order chi connectivity index (χ1) is 8.52. The third-order valence-corrected chi connectivity index (χ3v) is 2.75. The van der Waals surface area contributed by atoms with Gasteiger partial charge in [0.15, 0.2) is 0 Å². The van der Waals surface area contributed by atoms with Gasteiger partial charge in [-0.3, -0.25) is 0 Å². The maximum absolute atomic E-state index is 5.77. The molecule has 0 aliphatic carbocycles. The van der Waals surface area contributed by atoms with Gasteiger partial charge in [0.1, 0.15) is 0 Å². The summed E-state index contributed by atoms with van der Waals surface area (Å²) in [6.45, 7) is 11.2. The summed E-state index contributed by atoms with van der Waals surface area (Å²) >= 11 is 0. The largest absolute Gasteiger partial charge is 0.478 e. The molecule has 5 nitrogen and oxygen atoms in total. The minimum Gasteiger partial charge on any atom is -0.478 e. The molecular formula is C13H24N4O. The summed E-state index contributed by atoms with van der Waals surface area (Å²) < 4.78 is 5.40. The lowest BCUT2D eigenvalue weighted by Gasteiger charge is -2.31. The van der Waals surface area contributed by atoms with Crippen LogP contribution in [0.25, 0.3) is 0 Å². The van der Waals surface area contributed by atoms with E-state index in [0.29, 0.717) is 25.0 Å². The van der Waals surface area contributed by atoms with Gasteiger partial charge in [-0.2, -0.15) is 4.98 Å². The van der Waals surface area contributed by atoms with Crippen LogP contribution in [0.3, 0.4) is 0 Å². The zero-order valence-corrected chi connectivity index (χ0v) is 11.8. The second-order valence-corrected chi connectivity index (χ2v) is 5.01. The molecule has 0 aliphatic rings. The quantitative estimate of drug-likeness (QED) is 0.800. The third kappa shape index (κ3) is 4.14. The first-order valence-corrected chi connectivity index (χ1v) is 6.43. The van der Waals surface area contributed by atoms with Crippen molar-refractivity contribution in [3.05, 3.63) is 12.3 Å². The first-order valence-electron chi connectivity index (χ1n) is 6.43. The van der Waals surface area contributed by atoms with E-state index in [2.05, 4.69) is 35.6 Å². The van der Waals surface area contributed by atoms with Gasteiger partial charge in [0.25, 0.3) is 0 Å². The Morgan fingerprint density at radius 3 is 2.67 bits per heavy atom. The highest BCUT2D eigenvalue weighted by Crippen LogP contribution is 2.19. The molecule has 0 aliphatic heterocycles. The number of hydrogen-bond acceptors (Lipinski definition) is 5. The Morgan fingerprint density at radius 2 is 2.11 bits per heavy atom. The predicted molar refractivity (Wildman–Crippen MR) is 73.9 cm³/mol. The standard InChI is InChI=1S/C13H24N4O/c1-5-17(10-13(3,4)9-14)12-15-8-7-11(16-12)18-6-2/h7-8H,5-6,9-10,14H2,1-4H3. The molecule has 5 heteroatoms. The average Bonchev–Trinajstić information content (AvgIpc) is 2.37. The summed E-state index contributed by atoms with van der Waals surface area (Å²) in [6.07, 6.45) is 1.73. The van der Waals surface area contributed by atoms with Crippen LogP contribution < -0.4 is 15.4 Å². The van der Waals surface area contributed by atoms with Gasteiger partial charge < -0.3 is 15.4 Å². The summed E-state index contributed by atoms with van der Waals surface area (Å²) in [6, 6.07) is 1.77. The maximum atomic E-state index is 5.77. The van der Waals surface area contributed by atoms with Crippen LogP contribution in [0.5, 0.6) is 5.88 Å². The third-order valence-electron chi connectivity index (χ3n) is 2.75. The second-order valence-electron chi connectivity index (χ2n) is 5.01. The minimum absolute atomic E-state index is 0.0426. The van der Waals surface area contributed by atoms with E-state index in [1.54, 1.807) is 12.3 Å². The number of nitrogens with two attached hydrogens (primary N) is 1. The van der Waals surface area contributed by atoms with Crippen LogP contribution in [-0.2, 0) is 0 Å².